The van der Waals surface area contributed by atoms with Crippen molar-refractivity contribution in [3.05, 3.63) is 82.9 Å². The van der Waals surface area contributed by atoms with Crippen LogP contribution in [-0.4, -0.2) is 10.8 Å². The Hall–Kier alpha value is -2.68. The molecule has 0 bridgehead atoms. The zero-order chi connectivity index (χ0) is 16.4. The lowest BCUT2D eigenvalue weighted by atomic mass is 10.2. The number of benzene rings is 2. The quantitative estimate of drug-likeness (QED) is 0.585. The average Bonchev–Trinajstić information content (AvgIpc) is 2.82. The maximum Gasteiger partial charge on any atom is 0.123 e. The smallest absolute Gasteiger partial charge is 0.123 e. The lowest BCUT2D eigenvalue weighted by Gasteiger charge is -2.09. The summed E-state index contributed by atoms with van der Waals surface area (Å²) in [7, 11) is 0. The van der Waals surface area contributed by atoms with Gasteiger partial charge in [-0.25, -0.2) is 4.39 Å². The van der Waals surface area contributed by atoms with E-state index in [9.17, 15) is 4.39 Å². The zero-order valence-corrected chi connectivity index (χ0v) is 13.5. The first-order chi connectivity index (χ1) is 11.0. The number of aromatic nitrogens is 1. The molecule has 1 heterocycles. The Morgan fingerprint density at radius 1 is 0.913 bits per heavy atom. The number of halogens is 1. The summed E-state index contributed by atoms with van der Waals surface area (Å²) < 4.78 is 15.1. The molecule has 116 valence electrons. The number of aryl methyl sites for hydroxylation is 2. The summed E-state index contributed by atoms with van der Waals surface area (Å²) in [5.41, 5.74) is 6.49. The Kier molecular flexibility index (Phi) is 4.11. The Labute approximate surface area is 135 Å². The average molecular weight is 306 g/mol. The lowest BCUT2D eigenvalue weighted by molar-refractivity contribution is 0.628. The molecule has 0 aliphatic rings. The van der Waals surface area contributed by atoms with E-state index >= 15 is 0 Å². The summed E-state index contributed by atoms with van der Waals surface area (Å²) in [6, 6.07) is 16.8. The van der Waals surface area contributed by atoms with E-state index in [1.807, 2.05) is 6.21 Å². The normalized spacial score (nSPS) is 11.3. The Bertz CT molecular complexity index is 841. The van der Waals surface area contributed by atoms with Gasteiger partial charge >= 0.3 is 0 Å². The van der Waals surface area contributed by atoms with E-state index in [0.717, 1.165) is 28.3 Å². The van der Waals surface area contributed by atoms with Crippen LogP contribution in [0.15, 0.2) is 59.6 Å². The molecule has 0 fully saturated rings. The molecule has 2 nitrogen and oxygen atoms in total. The molecule has 1 aromatic heterocycles. The van der Waals surface area contributed by atoms with Crippen LogP contribution in [0.4, 0.5) is 10.1 Å². The predicted molar refractivity (Wildman–Crippen MR) is 93.6 cm³/mol. The van der Waals surface area contributed by atoms with E-state index in [-0.39, 0.29) is 5.82 Å². The van der Waals surface area contributed by atoms with Crippen LogP contribution in [0.3, 0.4) is 0 Å². The maximum atomic E-state index is 12.9. The van der Waals surface area contributed by atoms with Gasteiger partial charge in [-0.05, 0) is 63.2 Å². The van der Waals surface area contributed by atoms with Gasteiger partial charge in [0.1, 0.15) is 5.82 Å². The van der Waals surface area contributed by atoms with Gasteiger partial charge in [-0.1, -0.05) is 17.7 Å². The zero-order valence-electron chi connectivity index (χ0n) is 13.5. The Morgan fingerprint density at radius 3 is 2.22 bits per heavy atom. The van der Waals surface area contributed by atoms with Crippen LogP contribution >= 0.6 is 0 Å². The van der Waals surface area contributed by atoms with Crippen molar-refractivity contribution in [2.75, 3.05) is 0 Å². The molecule has 3 heteroatoms. The van der Waals surface area contributed by atoms with Crippen LogP contribution in [0.2, 0.25) is 0 Å². The highest BCUT2D eigenvalue weighted by molar-refractivity contribution is 5.84. The summed E-state index contributed by atoms with van der Waals surface area (Å²) >= 11 is 0. The molecule has 0 amide bonds. The highest BCUT2D eigenvalue weighted by Gasteiger charge is 2.09. The summed E-state index contributed by atoms with van der Waals surface area (Å²) in [5.74, 6) is -0.249. The molecule has 0 N–H and O–H groups in total. The van der Waals surface area contributed by atoms with Crippen LogP contribution in [0.1, 0.15) is 22.5 Å². The number of rotatable bonds is 3. The molecular formula is C20H19FN2. The van der Waals surface area contributed by atoms with E-state index in [1.165, 1.54) is 17.7 Å². The van der Waals surface area contributed by atoms with Gasteiger partial charge in [0.05, 0.1) is 5.69 Å². The Morgan fingerprint density at radius 2 is 1.57 bits per heavy atom. The summed E-state index contributed by atoms with van der Waals surface area (Å²) in [4.78, 5) is 4.44. The standard InChI is InChI=1S/C20H19FN2/c1-14-4-10-20(11-5-14)23-15(2)12-17(16(23)3)13-22-19-8-6-18(21)7-9-19/h4-13H,1-3H3. The molecule has 0 saturated heterocycles. The fourth-order valence-corrected chi connectivity index (χ4v) is 2.68. The molecule has 0 aliphatic heterocycles. The van der Waals surface area contributed by atoms with Crippen LogP contribution < -0.4 is 0 Å². The minimum atomic E-state index is -0.249. The Balaban J connectivity index is 1.94. The first-order valence-corrected chi connectivity index (χ1v) is 7.60. The third kappa shape index (κ3) is 3.24. The van der Waals surface area contributed by atoms with E-state index < -0.39 is 0 Å². The van der Waals surface area contributed by atoms with Crippen LogP contribution in [-0.2, 0) is 0 Å². The monoisotopic (exact) mass is 306 g/mol. The molecule has 0 aliphatic carbocycles. The molecule has 0 saturated carbocycles. The van der Waals surface area contributed by atoms with Crippen molar-refractivity contribution >= 4 is 11.9 Å². The first-order valence-electron chi connectivity index (χ1n) is 7.60. The van der Waals surface area contributed by atoms with Crippen LogP contribution in [0, 0.1) is 26.6 Å². The first kappa shape index (κ1) is 15.2. The number of hydrogen-bond donors (Lipinski definition) is 0. The number of nitrogens with zero attached hydrogens (tertiary/aromatic N) is 2. The topological polar surface area (TPSA) is 17.3 Å². The van der Waals surface area contributed by atoms with Gasteiger partial charge in [0.2, 0.25) is 0 Å². The van der Waals surface area contributed by atoms with Crippen LogP contribution in [0.5, 0.6) is 0 Å². The molecule has 0 radical (unpaired) electrons. The lowest BCUT2D eigenvalue weighted by Crippen LogP contribution is -1.99. The van der Waals surface area contributed by atoms with Crippen molar-refractivity contribution in [3.63, 3.8) is 0 Å². The predicted octanol–water partition coefficient (Wildman–Crippen LogP) is 5.29. The minimum absolute atomic E-state index is 0.249. The molecular weight excluding hydrogens is 287 g/mol. The van der Waals surface area contributed by atoms with Crippen molar-refractivity contribution in [1.29, 1.82) is 0 Å². The summed E-state index contributed by atoms with van der Waals surface area (Å²) in [5, 5.41) is 0. The summed E-state index contributed by atoms with van der Waals surface area (Å²) in [6.07, 6.45) is 1.83. The van der Waals surface area contributed by atoms with Gasteiger partial charge in [-0.3, -0.25) is 4.99 Å². The van der Waals surface area contributed by atoms with Gasteiger partial charge in [0.15, 0.2) is 0 Å². The van der Waals surface area contributed by atoms with Crippen molar-refractivity contribution in [3.8, 4) is 5.69 Å². The molecule has 3 aromatic rings. The van der Waals surface area contributed by atoms with Crippen molar-refractivity contribution in [2.45, 2.75) is 20.8 Å². The summed E-state index contributed by atoms with van der Waals surface area (Å²) in [6.45, 7) is 6.25. The molecule has 2 aromatic carbocycles. The second-order valence-electron chi connectivity index (χ2n) is 5.73. The minimum Gasteiger partial charge on any atom is -0.318 e. The molecule has 0 spiro atoms. The fraction of sp³-hybridized carbons (Fsp3) is 0.150. The van der Waals surface area contributed by atoms with Gasteiger partial charge in [-0.15, -0.1) is 0 Å². The van der Waals surface area contributed by atoms with Gasteiger partial charge < -0.3 is 4.57 Å². The number of hydrogen-bond acceptors (Lipinski definition) is 1. The van der Waals surface area contributed by atoms with E-state index in [1.54, 1.807) is 12.1 Å². The van der Waals surface area contributed by atoms with Crippen molar-refractivity contribution in [1.82, 2.24) is 4.57 Å². The highest BCUT2D eigenvalue weighted by atomic mass is 19.1. The van der Waals surface area contributed by atoms with E-state index in [0.29, 0.717) is 0 Å². The van der Waals surface area contributed by atoms with E-state index in [4.69, 9.17) is 0 Å². The van der Waals surface area contributed by atoms with Crippen molar-refractivity contribution < 1.29 is 4.39 Å². The van der Waals surface area contributed by atoms with Crippen LogP contribution in [0.25, 0.3) is 5.69 Å². The fourth-order valence-electron chi connectivity index (χ4n) is 2.68. The van der Waals surface area contributed by atoms with Gasteiger partial charge in [0.25, 0.3) is 0 Å². The molecule has 0 unspecified atom stereocenters. The number of aliphatic imine (C=N–C) groups is 1. The van der Waals surface area contributed by atoms with Crippen molar-refractivity contribution in [2.24, 2.45) is 4.99 Å². The van der Waals surface area contributed by atoms with E-state index in [2.05, 4.69) is 60.7 Å². The third-order valence-electron chi connectivity index (χ3n) is 3.94. The molecule has 0 atom stereocenters. The second kappa shape index (κ2) is 6.21. The SMILES string of the molecule is Cc1ccc(-n2c(C)cc(C=Nc3ccc(F)cc3)c2C)cc1. The maximum absolute atomic E-state index is 12.9. The highest BCUT2D eigenvalue weighted by Crippen LogP contribution is 2.21. The van der Waals surface area contributed by atoms with Gasteiger partial charge in [0, 0.05) is 28.9 Å². The van der Waals surface area contributed by atoms with Gasteiger partial charge in [-0.2, -0.15) is 0 Å². The second-order valence-corrected chi connectivity index (χ2v) is 5.73. The molecule has 3 rings (SSSR count). The molecule has 23 heavy (non-hydrogen) atoms. The third-order valence-corrected chi connectivity index (χ3v) is 3.94. The largest absolute Gasteiger partial charge is 0.318 e.